The highest BCUT2D eigenvalue weighted by Crippen LogP contribution is 2.31. The molecule has 0 spiro atoms. The lowest BCUT2D eigenvalue weighted by Gasteiger charge is -2.33. The van der Waals surface area contributed by atoms with E-state index in [2.05, 4.69) is 68.7 Å². The average Bonchev–Trinajstić information content (AvgIpc) is 3.44. The van der Waals surface area contributed by atoms with Gasteiger partial charge in [0, 0.05) is 63.3 Å². The Morgan fingerprint density at radius 2 is 1.68 bits per heavy atom. The minimum absolute atomic E-state index is 0.713. The lowest BCUT2D eigenvalue weighted by molar-refractivity contribution is 0.122. The quantitative estimate of drug-likeness (QED) is 0.387. The Balaban J connectivity index is 1.17. The molecule has 37 heavy (non-hydrogen) atoms. The van der Waals surface area contributed by atoms with Crippen LogP contribution in [0, 0.1) is 0 Å². The number of piperazine rings is 1. The molecule has 192 valence electrons. The first-order valence-corrected chi connectivity index (χ1v) is 14.0. The maximum Gasteiger partial charge on any atom is 0.162 e. The number of nitrogens with zero attached hydrogens (tertiary/aromatic N) is 6. The van der Waals surface area contributed by atoms with Crippen LogP contribution in [0.15, 0.2) is 54.0 Å². The van der Waals surface area contributed by atoms with Crippen LogP contribution in [-0.4, -0.2) is 83.8 Å². The Morgan fingerprint density at radius 3 is 2.41 bits per heavy atom. The number of likely N-dealkylation sites (N-methyl/N-ethyl adjacent to an activating group) is 1. The topological polar surface area (TPSA) is 69.7 Å². The van der Waals surface area contributed by atoms with Crippen molar-refractivity contribution in [3.63, 3.8) is 0 Å². The van der Waals surface area contributed by atoms with Gasteiger partial charge >= 0.3 is 0 Å². The van der Waals surface area contributed by atoms with E-state index in [9.17, 15) is 0 Å². The number of aromatic nitrogens is 3. The summed E-state index contributed by atoms with van der Waals surface area (Å²) in [4.78, 5) is 21.8. The summed E-state index contributed by atoms with van der Waals surface area (Å²) in [5.41, 5.74) is 4.39. The summed E-state index contributed by atoms with van der Waals surface area (Å²) in [6, 6.07) is 14.8. The number of nitrogens with one attached hydrogen (secondary N) is 1. The van der Waals surface area contributed by atoms with Crippen LogP contribution in [0.5, 0.6) is 0 Å². The van der Waals surface area contributed by atoms with E-state index in [-0.39, 0.29) is 0 Å². The number of fused-ring (bicyclic) bond motifs is 1. The van der Waals surface area contributed by atoms with Crippen molar-refractivity contribution < 1.29 is 4.74 Å². The zero-order valence-corrected chi connectivity index (χ0v) is 22.1. The highest BCUT2D eigenvalue weighted by Gasteiger charge is 2.17. The maximum absolute atomic E-state index is 5.48. The molecular weight excluding hydrogens is 482 g/mol. The second kappa shape index (κ2) is 11.1. The maximum atomic E-state index is 5.48. The van der Waals surface area contributed by atoms with Crippen molar-refractivity contribution in [1.82, 2.24) is 24.8 Å². The van der Waals surface area contributed by atoms with Gasteiger partial charge in [-0.25, -0.2) is 15.0 Å². The molecule has 2 aliphatic heterocycles. The summed E-state index contributed by atoms with van der Waals surface area (Å²) in [6.45, 7) is 12.2. The van der Waals surface area contributed by atoms with Gasteiger partial charge in [0.25, 0.3) is 0 Å². The van der Waals surface area contributed by atoms with Crippen molar-refractivity contribution in [3.05, 3.63) is 59.6 Å². The van der Waals surface area contributed by atoms with E-state index in [1.165, 1.54) is 11.3 Å². The van der Waals surface area contributed by atoms with Crippen molar-refractivity contribution in [2.75, 3.05) is 69.2 Å². The third kappa shape index (κ3) is 5.60. The SMILES string of the molecule is CCN1CCN(Cc2ccc(Nc3nc(-c4ccc(N5CCOCC5)cc4)nc4ccsc34)nc2)CC1. The van der Waals surface area contributed by atoms with Gasteiger partial charge in [-0.15, -0.1) is 11.3 Å². The van der Waals surface area contributed by atoms with E-state index in [0.29, 0.717) is 5.82 Å². The van der Waals surface area contributed by atoms with Crippen molar-refractivity contribution in [3.8, 4) is 11.4 Å². The predicted octanol–water partition coefficient (Wildman–Crippen LogP) is 4.47. The predicted molar refractivity (Wildman–Crippen MR) is 151 cm³/mol. The second-order valence-electron chi connectivity index (χ2n) is 9.56. The first-order valence-electron chi connectivity index (χ1n) is 13.1. The molecule has 0 saturated carbocycles. The normalized spacial score (nSPS) is 17.4. The third-order valence-electron chi connectivity index (χ3n) is 7.19. The third-order valence-corrected chi connectivity index (χ3v) is 8.11. The Labute approximate surface area is 221 Å². The summed E-state index contributed by atoms with van der Waals surface area (Å²) >= 11 is 1.64. The molecule has 2 fully saturated rings. The van der Waals surface area contributed by atoms with Crippen LogP contribution >= 0.6 is 11.3 Å². The van der Waals surface area contributed by atoms with Gasteiger partial charge < -0.3 is 19.9 Å². The van der Waals surface area contributed by atoms with Crippen molar-refractivity contribution >= 4 is 38.9 Å². The molecule has 0 amide bonds. The summed E-state index contributed by atoms with van der Waals surface area (Å²) in [6.07, 6.45) is 1.98. The molecule has 0 bridgehead atoms. The number of morpholine rings is 1. The molecule has 4 aromatic rings. The Morgan fingerprint density at radius 1 is 0.892 bits per heavy atom. The summed E-state index contributed by atoms with van der Waals surface area (Å²) in [5.74, 6) is 2.30. The Bertz CT molecular complexity index is 1310. The van der Waals surface area contributed by atoms with Crippen LogP contribution in [0.3, 0.4) is 0 Å². The number of hydrogen-bond donors (Lipinski definition) is 1. The van der Waals surface area contributed by atoms with Crippen molar-refractivity contribution in [1.29, 1.82) is 0 Å². The van der Waals surface area contributed by atoms with E-state index >= 15 is 0 Å². The Kier molecular flexibility index (Phi) is 7.27. The molecule has 5 heterocycles. The fourth-order valence-corrected chi connectivity index (χ4v) is 5.73. The smallest absolute Gasteiger partial charge is 0.162 e. The van der Waals surface area contributed by atoms with E-state index in [4.69, 9.17) is 19.7 Å². The number of thiophene rings is 1. The highest BCUT2D eigenvalue weighted by atomic mass is 32.1. The minimum Gasteiger partial charge on any atom is -0.378 e. The molecule has 3 aromatic heterocycles. The minimum atomic E-state index is 0.713. The van der Waals surface area contributed by atoms with E-state index < -0.39 is 0 Å². The van der Waals surface area contributed by atoms with Crippen LogP contribution in [-0.2, 0) is 11.3 Å². The summed E-state index contributed by atoms with van der Waals surface area (Å²) in [5, 5.41) is 5.52. The van der Waals surface area contributed by atoms with Gasteiger partial charge in [0.2, 0.25) is 0 Å². The van der Waals surface area contributed by atoms with Crippen molar-refractivity contribution in [2.24, 2.45) is 0 Å². The van der Waals surface area contributed by atoms with Crippen LogP contribution in [0.25, 0.3) is 21.6 Å². The average molecular weight is 516 g/mol. The van der Waals surface area contributed by atoms with Gasteiger partial charge in [0.15, 0.2) is 11.6 Å². The number of benzene rings is 1. The van der Waals surface area contributed by atoms with Crippen molar-refractivity contribution in [2.45, 2.75) is 13.5 Å². The zero-order valence-electron chi connectivity index (χ0n) is 21.3. The molecule has 0 radical (unpaired) electrons. The van der Waals surface area contributed by atoms with Gasteiger partial charge in [-0.2, -0.15) is 0 Å². The highest BCUT2D eigenvalue weighted by molar-refractivity contribution is 7.17. The van der Waals surface area contributed by atoms with E-state index in [1.807, 2.05) is 12.3 Å². The second-order valence-corrected chi connectivity index (χ2v) is 10.5. The lowest BCUT2D eigenvalue weighted by atomic mass is 10.1. The fourth-order valence-electron chi connectivity index (χ4n) is 4.96. The van der Waals surface area contributed by atoms with Gasteiger partial charge in [0.1, 0.15) is 5.82 Å². The first kappa shape index (κ1) is 24.2. The standard InChI is InChI=1S/C28H33N7OS/c1-2-33-10-12-34(13-11-33)20-21-3-8-25(29-19-21)31-28-26-24(9-18-37-26)30-27(32-28)22-4-6-23(7-5-22)35-14-16-36-17-15-35/h3-9,18-19H,2,10-17,20H2,1H3,(H,29,30,31,32). The molecule has 1 N–H and O–H groups in total. The van der Waals surface area contributed by atoms with E-state index in [0.717, 1.165) is 93.0 Å². The largest absolute Gasteiger partial charge is 0.378 e. The van der Waals surface area contributed by atoms with E-state index in [1.54, 1.807) is 11.3 Å². The van der Waals surface area contributed by atoms with Gasteiger partial charge in [-0.1, -0.05) is 13.0 Å². The number of ether oxygens (including phenoxy) is 1. The molecule has 2 saturated heterocycles. The fraction of sp³-hybridized carbons (Fsp3) is 0.393. The Hall–Kier alpha value is -3.11. The molecule has 1 aromatic carbocycles. The summed E-state index contributed by atoms with van der Waals surface area (Å²) in [7, 11) is 0. The van der Waals surface area contributed by atoms with Crippen LogP contribution < -0.4 is 10.2 Å². The van der Waals surface area contributed by atoms with Gasteiger partial charge in [-0.05, 0) is 53.9 Å². The zero-order chi connectivity index (χ0) is 25.0. The van der Waals surface area contributed by atoms with Gasteiger partial charge in [0.05, 0.1) is 23.4 Å². The number of rotatable bonds is 7. The molecule has 0 aliphatic carbocycles. The van der Waals surface area contributed by atoms with Crippen LogP contribution in [0.1, 0.15) is 12.5 Å². The molecule has 2 aliphatic rings. The molecule has 6 rings (SSSR count). The lowest BCUT2D eigenvalue weighted by Crippen LogP contribution is -2.45. The molecule has 0 unspecified atom stereocenters. The molecule has 8 nitrogen and oxygen atoms in total. The molecular formula is C28H33N7OS. The molecule has 0 atom stereocenters. The molecule has 9 heteroatoms. The first-order chi connectivity index (χ1) is 18.2. The summed E-state index contributed by atoms with van der Waals surface area (Å²) < 4.78 is 6.52. The van der Waals surface area contributed by atoms with Crippen LogP contribution in [0.2, 0.25) is 0 Å². The number of hydrogen-bond acceptors (Lipinski definition) is 9. The van der Waals surface area contributed by atoms with Gasteiger partial charge in [-0.3, -0.25) is 4.90 Å². The number of pyridine rings is 1. The van der Waals surface area contributed by atoms with Crippen LogP contribution in [0.4, 0.5) is 17.3 Å². The number of anilines is 3. The monoisotopic (exact) mass is 515 g/mol.